The van der Waals surface area contributed by atoms with Crippen molar-refractivity contribution in [1.29, 1.82) is 0 Å². The first-order chi connectivity index (χ1) is 4.57. The third kappa shape index (κ3) is 3.96. The molecule has 0 rings (SSSR count). The zero-order valence-corrected chi connectivity index (χ0v) is 7.45. The zero-order chi connectivity index (χ0) is 8.15. The van der Waals surface area contributed by atoms with E-state index in [0.717, 1.165) is 0 Å². The Morgan fingerprint density at radius 2 is 2.20 bits per heavy atom. The van der Waals surface area contributed by atoms with Crippen molar-refractivity contribution in [3.05, 3.63) is 0 Å². The molecule has 0 amide bonds. The number of hydrogen-bond donors (Lipinski definition) is 0. The predicted octanol–water partition coefficient (Wildman–Crippen LogP) is 1.78. The highest BCUT2D eigenvalue weighted by atomic mass is 35.5. The maximum absolute atomic E-state index is 10.4. The molecule has 60 valence electrons. The first-order valence-electron chi connectivity index (χ1n) is 2.95. The standard InChI is InChI=1S/C6H10Cl2O2/c1-4(6(8)3-7)10-5(2)9/h4,6H,3H2,1-2H3. The fraction of sp³-hybridized carbons (Fsp3) is 0.833. The van der Waals surface area contributed by atoms with Crippen LogP contribution in [0.25, 0.3) is 0 Å². The lowest BCUT2D eigenvalue weighted by molar-refractivity contribution is -0.145. The van der Waals surface area contributed by atoms with Crippen LogP contribution in [-0.2, 0) is 9.53 Å². The molecule has 0 heterocycles. The molecule has 0 spiro atoms. The summed E-state index contributed by atoms with van der Waals surface area (Å²) in [6, 6.07) is 0. The summed E-state index contributed by atoms with van der Waals surface area (Å²) in [6.07, 6.45) is -0.309. The highest BCUT2D eigenvalue weighted by Crippen LogP contribution is 2.08. The van der Waals surface area contributed by atoms with E-state index in [1.165, 1.54) is 6.92 Å². The van der Waals surface area contributed by atoms with Crippen LogP contribution < -0.4 is 0 Å². The van der Waals surface area contributed by atoms with Gasteiger partial charge in [0.1, 0.15) is 6.10 Å². The summed E-state index contributed by atoms with van der Waals surface area (Å²) in [4.78, 5) is 10.4. The van der Waals surface area contributed by atoms with E-state index in [9.17, 15) is 4.79 Å². The maximum atomic E-state index is 10.4. The third-order valence-corrected chi connectivity index (χ3v) is 2.01. The third-order valence-electron chi connectivity index (χ3n) is 1.01. The molecule has 0 aliphatic carbocycles. The number of rotatable bonds is 3. The van der Waals surface area contributed by atoms with E-state index in [4.69, 9.17) is 27.9 Å². The van der Waals surface area contributed by atoms with Crippen LogP contribution in [-0.4, -0.2) is 23.3 Å². The normalized spacial score (nSPS) is 16.0. The van der Waals surface area contributed by atoms with Gasteiger partial charge in [-0.3, -0.25) is 4.79 Å². The van der Waals surface area contributed by atoms with Gasteiger partial charge in [0.05, 0.1) is 5.38 Å². The quantitative estimate of drug-likeness (QED) is 0.494. The predicted molar refractivity (Wildman–Crippen MR) is 41.6 cm³/mol. The topological polar surface area (TPSA) is 26.3 Å². The number of esters is 1. The second kappa shape index (κ2) is 4.80. The van der Waals surface area contributed by atoms with Crippen LogP contribution in [0, 0.1) is 0 Å². The molecule has 4 heteroatoms. The minimum Gasteiger partial charge on any atom is -0.461 e. The molecule has 0 fully saturated rings. The van der Waals surface area contributed by atoms with Gasteiger partial charge in [-0.2, -0.15) is 0 Å². The van der Waals surface area contributed by atoms with Gasteiger partial charge in [0, 0.05) is 12.8 Å². The largest absolute Gasteiger partial charge is 0.461 e. The minimum absolute atomic E-state index is 0.288. The average molecular weight is 185 g/mol. The molecule has 0 aliphatic heterocycles. The molecule has 2 unspecified atom stereocenters. The maximum Gasteiger partial charge on any atom is 0.302 e. The van der Waals surface area contributed by atoms with Crippen LogP contribution in [0.3, 0.4) is 0 Å². The van der Waals surface area contributed by atoms with E-state index in [0.29, 0.717) is 0 Å². The lowest BCUT2D eigenvalue weighted by Crippen LogP contribution is -2.24. The number of hydrogen-bond acceptors (Lipinski definition) is 2. The number of ether oxygens (including phenoxy) is 1. The first kappa shape index (κ1) is 10.0. The summed E-state index contributed by atoms with van der Waals surface area (Å²) in [5, 5.41) is -0.300. The van der Waals surface area contributed by atoms with Crippen LogP contribution in [0.2, 0.25) is 0 Å². The Balaban J connectivity index is 3.61. The first-order valence-corrected chi connectivity index (χ1v) is 3.92. The number of alkyl halides is 2. The summed E-state index contributed by atoms with van der Waals surface area (Å²) >= 11 is 11.1. The Hall–Kier alpha value is 0.0500. The van der Waals surface area contributed by atoms with E-state index in [2.05, 4.69) is 0 Å². The van der Waals surface area contributed by atoms with Gasteiger partial charge in [-0.15, -0.1) is 23.2 Å². The van der Waals surface area contributed by atoms with E-state index in [1.54, 1.807) is 6.92 Å². The molecule has 2 atom stereocenters. The van der Waals surface area contributed by atoms with Gasteiger partial charge in [-0.05, 0) is 6.92 Å². The smallest absolute Gasteiger partial charge is 0.302 e. The fourth-order valence-electron chi connectivity index (χ4n) is 0.461. The molecule has 10 heavy (non-hydrogen) atoms. The van der Waals surface area contributed by atoms with Crippen molar-refractivity contribution >= 4 is 29.2 Å². The molecule has 0 radical (unpaired) electrons. The second-order valence-electron chi connectivity index (χ2n) is 1.98. The van der Waals surface area contributed by atoms with Crippen molar-refractivity contribution in [1.82, 2.24) is 0 Å². The van der Waals surface area contributed by atoms with Crippen LogP contribution >= 0.6 is 23.2 Å². The van der Waals surface area contributed by atoms with Gasteiger partial charge < -0.3 is 4.74 Å². The number of halogens is 2. The molecule has 0 saturated carbocycles. The van der Waals surface area contributed by atoms with Crippen LogP contribution in [0.5, 0.6) is 0 Å². The zero-order valence-electron chi connectivity index (χ0n) is 5.93. The van der Waals surface area contributed by atoms with E-state index < -0.39 is 0 Å². The van der Waals surface area contributed by atoms with E-state index in [-0.39, 0.29) is 23.3 Å². The highest BCUT2D eigenvalue weighted by Gasteiger charge is 2.15. The highest BCUT2D eigenvalue weighted by molar-refractivity contribution is 6.28. The number of carbonyl (C=O) groups is 1. The molecule has 0 bridgehead atoms. The Morgan fingerprint density at radius 1 is 1.70 bits per heavy atom. The van der Waals surface area contributed by atoms with Crippen LogP contribution in [0.15, 0.2) is 0 Å². The Labute approximate surface area is 70.4 Å². The van der Waals surface area contributed by atoms with E-state index in [1.807, 2.05) is 0 Å². The van der Waals surface area contributed by atoms with Gasteiger partial charge in [-0.25, -0.2) is 0 Å². The second-order valence-corrected chi connectivity index (χ2v) is 2.85. The minimum atomic E-state index is -0.330. The monoisotopic (exact) mass is 184 g/mol. The van der Waals surface area contributed by atoms with Gasteiger partial charge >= 0.3 is 5.97 Å². The van der Waals surface area contributed by atoms with Crippen molar-refractivity contribution in [3.8, 4) is 0 Å². The molecule has 0 aromatic carbocycles. The molecule has 0 N–H and O–H groups in total. The lowest BCUT2D eigenvalue weighted by atomic mass is 10.3. The molecule has 0 saturated heterocycles. The number of carbonyl (C=O) groups excluding carboxylic acids is 1. The van der Waals surface area contributed by atoms with Gasteiger partial charge in [0.15, 0.2) is 0 Å². The Morgan fingerprint density at radius 3 is 2.50 bits per heavy atom. The average Bonchev–Trinajstić information content (AvgIpc) is 1.85. The lowest BCUT2D eigenvalue weighted by Gasteiger charge is -2.14. The van der Waals surface area contributed by atoms with E-state index >= 15 is 0 Å². The van der Waals surface area contributed by atoms with Crippen LogP contribution in [0.4, 0.5) is 0 Å². The Kier molecular flexibility index (Phi) is 4.83. The summed E-state index contributed by atoms with van der Waals surface area (Å²) in [5.74, 6) is -0.0426. The van der Waals surface area contributed by atoms with Crippen molar-refractivity contribution in [2.45, 2.75) is 25.3 Å². The molecular weight excluding hydrogens is 175 g/mol. The SMILES string of the molecule is CC(=O)OC(C)C(Cl)CCl. The van der Waals surface area contributed by atoms with Crippen molar-refractivity contribution in [3.63, 3.8) is 0 Å². The van der Waals surface area contributed by atoms with Crippen molar-refractivity contribution in [2.24, 2.45) is 0 Å². The Bertz CT molecular complexity index is 116. The van der Waals surface area contributed by atoms with Crippen LogP contribution in [0.1, 0.15) is 13.8 Å². The van der Waals surface area contributed by atoms with Gasteiger partial charge in [0.2, 0.25) is 0 Å². The molecule has 2 nitrogen and oxygen atoms in total. The summed E-state index contributed by atoms with van der Waals surface area (Å²) < 4.78 is 4.75. The van der Waals surface area contributed by atoms with Crippen molar-refractivity contribution in [2.75, 3.05) is 5.88 Å². The molecular formula is C6H10Cl2O2. The van der Waals surface area contributed by atoms with Gasteiger partial charge in [0.25, 0.3) is 0 Å². The van der Waals surface area contributed by atoms with Gasteiger partial charge in [-0.1, -0.05) is 0 Å². The fourth-order valence-corrected chi connectivity index (χ4v) is 0.763. The molecule has 0 aromatic heterocycles. The summed E-state index contributed by atoms with van der Waals surface area (Å²) in [7, 11) is 0. The summed E-state index contributed by atoms with van der Waals surface area (Å²) in [5.41, 5.74) is 0. The molecule has 0 aromatic rings. The molecule has 0 aliphatic rings. The van der Waals surface area contributed by atoms with Crippen molar-refractivity contribution < 1.29 is 9.53 Å². The summed E-state index contributed by atoms with van der Waals surface area (Å²) in [6.45, 7) is 3.05.